The molecular formula is C17H19NO4. The maximum Gasteiger partial charge on any atom is 0.302 e. The van der Waals surface area contributed by atoms with Gasteiger partial charge in [-0.15, -0.1) is 0 Å². The number of piperidine rings is 1. The second kappa shape index (κ2) is 5.91. The maximum absolute atomic E-state index is 12.7. The summed E-state index contributed by atoms with van der Waals surface area (Å²) in [5, 5.41) is 0. The summed E-state index contributed by atoms with van der Waals surface area (Å²) in [6.45, 7) is 1.40. The zero-order chi connectivity index (χ0) is 15.7. The molecule has 2 fully saturated rings. The molecule has 0 radical (unpaired) electrons. The van der Waals surface area contributed by atoms with Crippen LogP contribution < -0.4 is 0 Å². The van der Waals surface area contributed by atoms with Crippen LogP contribution in [0.1, 0.15) is 43.0 Å². The Balaban J connectivity index is 1.83. The Labute approximate surface area is 129 Å². The van der Waals surface area contributed by atoms with Crippen molar-refractivity contribution >= 4 is 17.8 Å². The summed E-state index contributed by atoms with van der Waals surface area (Å²) in [6.07, 6.45) is 2.24. The molecule has 2 amide bonds. The first-order valence-electron chi connectivity index (χ1n) is 7.66. The molecule has 2 aliphatic rings. The summed E-state index contributed by atoms with van der Waals surface area (Å²) in [5.41, 5.74) is 0.521. The third-order valence-corrected chi connectivity index (χ3v) is 4.57. The molecule has 1 heterocycles. The van der Waals surface area contributed by atoms with Gasteiger partial charge in [0, 0.05) is 30.9 Å². The van der Waals surface area contributed by atoms with Gasteiger partial charge in [-0.3, -0.25) is 19.3 Å². The Bertz CT molecular complexity index is 598. The highest BCUT2D eigenvalue weighted by molar-refractivity contribution is 6.05. The Morgan fingerprint density at radius 3 is 2.55 bits per heavy atom. The number of rotatable bonds is 2. The van der Waals surface area contributed by atoms with Crippen LogP contribution >= 0.6 is 0 Å². The van der Waals surface area contributed by atoms with E-state index < -0.39 is 0 Å². The minimum absolute atomic E-state index is 0.0641. The number of benzene rings is 1. The molecule has 5 heteroatoms. The van der Waals surface area contributed by atoms with Crippen LogP contribution in [-0.4, -0.2) is 34.8 Å². The van der Waals surface area contributed by atoms with Gasteiger partial charge in [0.15, 0.2) is 0 Å². The van der Waals surface area contributed by atoms with E-state index in [0.717, 1.165) is 0 Å². The molecule has 1 aliphatic carbocycles. The van der Waals surface area contributed by atoms with Crippen molar-refractivity contribution in [3.05, 3.63) is 35.9 Å². The van der Waals surface area contributed by atoms with Crippen LogP contribution in [-0.2, 0) is 14.3 Å². The summed E-state index contributed by atoms with van der Waals surface area (Å²) < 4.78 is 5.36. The van der Waals surface area contributed by atoms with Crippen molar-refractivity contribution in [3.8, 4) is 0 Å². The first kappa shape index (κ1) is 14.8. The van der Waals surface area contributed by atoms with Crippen molar-refractivity contribution in [2.45, 2.75) is 44.8 Å². The monoisotopic (exact) mass is 301 g/mol. The van der Waals surface area contributed by atoms with Crippen molar-refractivity contribution in [2.24, 2.45) is 5.92 Å². The van der Waals surface area contributed by atoms with Gasteiger partial charge in [0.25, 0.3) is 5.91 Å². The zero-order valence-corrected chi connectivity index (χ0v) is 12.5. The third kappa shape index (κ3) is 2.63. The molecule has 0 N–H and O–H groups in total. The lowest BCUT2D eigenvalue weighted by Gasteiger charge is -2.37. The van der Waals surface area contributed by atoms with Crippen molar-refractivity contribution in [1.29, 1.82) is 0 Å². The molecule has 3 unspecified atom stereocenters. The second-order valence-corrected chi connectivity index (χ2v) is 5.93. The Kier molecular flexibility index (Phi) is 3.96. The number of likely N-dealkylation sites (tertiary alicyclic amines) is 1. The minimum Gasteiger partial charge on any atom is -0.462 e. The molecule has 0 spiro atoms. The van der Waals surface area contributed by atoms with Crippen molar-refractivity contribution in [3.63, 3.8) is 0 Å². The SMILES string of the molecule is CC(=O)OC1CCC2C1CCC(=O)N2C(=O)c1ccccc1. The van der Waals surface area contributed by atoms with E-state index in [1.165, 1.54) is 11.8 Å². The molecule has 3 rings (SSSR count). The molecule has 1 saturated carbocycles. The first-order chi connectivity index (χ1) is 10.6. The van der Waals surface area contributed by atoms with E-state index in [9.17, 15) is 14.4 Å². The number of carbonyl (C=O) groups excluding carboxylic acids is 3. The van der Waals surface area contributed by atoms with Gasteiger partial charge >= 0.3 is 5.97 Å². The molecule has 1 aliphatic heterocycles. The lowest BCUT2D eigenvalue weighted by atomic mass is 9.89. The molecular weight excluding hydrogens is 282 g/mol. The average molecular weight is 301 g/mol. The Morgan fingerprint density at radius 1 is 1.14 bits per heavy atom. The quantitative estimate of drug-likeness (QED) is 0.620. The molecule has 3 atom stereocenters. The molecule has 22 heavy (non-hydrogen) atoms. The Morgan fingerprint density at radius 2 is 1.86 bits per heavy atom. The summed E-state index contributed by atoms with van der Waals surface area (Å²) in [4.78, 5) is 37.6. The molecule has 1 saturated heterocycles. The number of carbonyl (C=O) groups is 3. The number of hydrogen-bond acceptors (Lipinski definition) is 4. The van der Waals surface area contributed by atoms with Gasteiger partial charge in [-0.25, -0.2) is 0 Å². The van der Waals surface area contributed by atoms with Crippen LogP contribution in [0.25, 0.3) is 0 Å². The van der Waals surface area contributed by atoms with Crippen molar-refractivity contribution in [1.82, 2.24) is 4.90 Å². The number of ether oxygens (including phenoxy) is 1. The fraction of sp³-hybridized carbons (Fsp3) is 0.471. The van der Waals surface area contributed by atoms with Gasteiger partial charge in [0.2, 0.25) is 5.91 Å². The predicted octanol–water partition coefficient (Wildman–Crippen LogP) is 2.16. The fourth-order valence-corrected chi connectivity index (χ4v) is 3.65. The molecule has 0 bridgehead atoms. The van der Waals surface area contributed by atoms with Gasteiger partial charge in [-0.05, 0) is 31.4 Å². The summed E-state index contributed by atoms with van der Waals surface area (Å²) in [5.74, 6) is -0.611. The van der Waals surface area contributed by atoms with Crippen LogP contribution in [0.5, 0.6) is 0 Å². The maximum atomic E-state index is 12.7. The summed E-state index contributed by atoms with van der Waals surface area (Å²) >= 11 is 0. The van der Waals surface area contributed by atoms with E-state index in [1.807, 2.05) is 6.07 Å². The number of esters is 1. The lowest BCUT2D eigenvalue weighted by Crippen LogP contribution is -2.51. The standard InChI is InChI=1S/C17H19NO4/c1-11(19)22-15-9-8-14-13(15)7-10-16(20)18(14)17(21)12-5-3-2-4-6-12/h2-6,13-15H,7-10H2,1H3. The second-order valence-electron chi connectivity index (χ2n) is 5.93. The van der Waals surface area contributed by atoms with E-state index in [1.54, 1.807) is 24.3 Å². The van der Waals surface area contributed by atoms with Gasteiger partial charge < -0.3 is 4.74 Å². The minimum atomic E-state index is -0.302. The van der Waals surface area contributed by atoms with Crippen molar-refractivity contribution in [2.75, 3.05) is 0 Å². The Hall–Kier alpha value is -2.17. The highest BCUT2D eigenvalue weighted by Crippen LogP contribution is 2.39. The van der Waals surface area contributed by atoms with Crippen LogP contribution in [0.15, 0.2) is 30.3 Å². The molecule has 1 aromatic carbocycles. The van der Waals surface area contributed by atoms with Crippen LogP contribution in [0.3, 0.4) is 0 Å². The van der Waals surface area contributed by atoms with E-state index in [-0.39, 0.29) is 35.8 Å². The molecule has 0 aromatic heterocycles. The van der Waals surface area contributed by atoms with Crippen molar-refractivity contribution < 1.29 is 19.1 Å². The highest BCUT2D eigenvalue weighted by Gasteiger charge is 2.47. The average Bonchev–Trinajstić information content (AvgIpc) is 2.89. The van der Waals surface area contributed by atoms with E-state index >= 15 is 0 Å². The normalized spacial score (nSPS) is 27.4. The number of nitrogens with zero attached hydrogens (tertiary/aromatic N) is 1. The van der Waals surface area contributed by atoms with Crippen LogP contribution in [0.4, 0.5) is 0 Å². The predicted molar refractivity (Wildman–Crippen MR) is 78.9 cm³/mol. The number of hydrogen-bond donors (Lipinski definition) is 0. The zero-order valence-electron chi connectivity index (χ0n) is 12.5. The fourth-order valence-electron chi connectivity index (χ4n) is 3.65. The van der Waals surface area contributed by atoms with Gasteiger partial charge in [-0.2, -0.15) is 0 Å². The first-order valence-corrected chi connectivity index (χ1v) is 7.66. The number of imide groups is 1. The van der Waals surface area contributed by atoms with Crippen LogP contribution in [0.2, 0.25) is 0 Å². The lowest BCUT2D eigenvalue weighted by molar-refractivity contribution is -0.149. The molecule has 5 nitrogen and oxygen atoms in total. The van der Waals surface area contributed by atoms with E-state index in [0.29, 0.717) is 31.2 Å². The third-order valence-electron chi connectivity index (χ3n) is 4.57. The van der Waals surface area contributed by atoms with Gasteiger partial charge in [0.1, 0.15) is 6.10 Å². The van der Waals surface area contributed by atoms with Gasteiger partial charge in [-0.1, -0.05) is 18.2 Å². The number of amides is 2. The summed E-state index contributed by atoms with van der Waals surface area (Å²) in [7, 11) is 0. The smallest absolute Gasteiger partial charge is 0.302 e. The van der Waals surface area contributed by atoms with E-state index in [4.69, 9.17) is 4.74 Å². The van der Waals surface area contributed by atoms with Crippen LogP contribution in [0, 0.1) is 5.92 Å². The highest BCUT2D eigenvalue weighted by atomic mass is 16.5. The van der Waals surface area contributed by atoms with Gasteiger partial charge in [0.05, 0.1) is 0 Å². The topological polar surface area (TPSA) is 63.7 Å². The van der Waals surface area contributed by atoms with E-state index in [2.05, 4.69) is 0 Å². The molecule has 1 aromatic rings. The largest absolute Gasteiger partial charge is 0.462 e. The molecule has 116 valence electrons. The number of fused-ring (bicyclic) bond motifs is 1. The summed E-state index contributed by atoms with van der Waals surface area (Å²) in [6, 6.07) is 8.70.